The van der Waals surface area contributed by atoms with Gasteiger partial charge in [0.1, 0.15) is 16.9 Å². The van der Waals surface area contributed by atoms with Gasteiger partial charge in [0.2, 0.25) is 5.91 Å². The highest BCUT2D eigenvalue weighted by Gasteiger charge is 2.33. The molecular weight excluding hydrogens is 332 g/mol. The summed E-state index contributed by atoms with van der Waals surface area (Å²) in [6, 6.07) is 1.83. The third-order valence-corrected chi connectivity index (χ3v) is 3.64. The monoisotopic (exact) mass is 344 g/mol. The molecule has 0 aliphatic carbocycles. The fraction of sp³-hybridized carbons (Fsp3) is 0.417. The van der Waals surface area contributed by atoms with Gasteiger partial charge >= 0.3 is 0 Å². The summed E-state index contributed by atoms with van der Waals surface area (Å²) in [6.07, 6.45) is 1.65. The van der Waals surface area contributed by atoms with Crippen LogP contribution in [0.25, 0.3) is 11.2 Å². The zero-order valence-electron chi connectivity index (χ0n) is 10.8. The Balaban J connectivity index is 2.83. The number of pyridine rings is 1. The van der Waals surface area contributed by atoms with Gasteiger partial charge in [-0.25, -0.2) is 9.97 Å². The molecule has 0 saturated heterocycles. The second-order valence-corrected chi connectivity index (χ2v) is 6.41. The number of imidazole rings is 1. The first-order chi connectivity index (χ1) is 8.75. The number of nitrogens with zero attached hydrogens (tertiary/aromatic N) is 3. The Labute approximate surface area is 124 Å². The van der Waals surface area contributed by atoms with E-state index in [1.807, 2.05) is 6.07 Å². The second-order valence-electron chi connectivity index (χ2n) is 4.84. The summed E-state index contributed by atoms with van der Waals surface area (Å²) < 4.78 is 2.52. The predicted octanol–water partition coefficient (Wildman–Crippen LogP) is 2.71. The molecule has 5 nitrogen and oxygen atoms in total. The molecule has 2 aromatic rings. The SMILES string of the molecule is CC(Cl)c1nc2cc(Br)cnc2n1C(C)(C)C(N)=O. The van der Waals surface area contributed by atoms with Gasteiger partial charge in [-0.15, -0.1) is 11.6 Å². The lowest BCUT2D eigenvalue weighted by Crippen LogP contribution is -2.42. The van der Waals surface area contributed by atoms with Crippen LogP contribution in [0.15, 0.2) is 16.7 Å². The van der Waals surface area contributed by atoms with E-state index in [9.17, 15) is 4.79 Å². The van der Waals surface area contributed by atoms with Crippen molar-refractivity contribution in [1.29, 1.82) is 0 Å². The number of hydrogen-bond acceptors (Lipinski definition) is 3. The van der Waals surface area contributed by atoms with Crippen LogP contribution >= 0.6 is 27.5 Å². The minimum atomic E-state index is -0.950. The van der Waals surface area contributed by atoms with E-state index in [0.717, 1.165) is 4.47 Å². The van der Waals surface area contributed by atoms with E-state index in [1.54, 1.807) is 31.5 Å². The standard InChI is InChI=1S/C12H14BrClN4O/c1-6(14)9-17-8-4-7(13)5-16-10(8)18(9)12(2,3)11(15)19/h4-6H,1-3H3,(H2,15,19). The first-order valence-corrected chi connectivity index (χ1v) is 6.96. The lowest BCUT2D eigenvalue weighted by Gasteiger charge is -2.25. The molecule has 0 fully saturated rings. The normalized spacial score (nSPS) is 13.7. The molecule has 102 valence electrons. The molecule has 2 N–H and O–H groups in total. The molecule has 2 rings (SSSR count). The van der Waals surface area contributed by atoms with E-state index in [0.29, 0.717) is 17.0 Å². The maximum Gasteiger partial charge on any atom is 0.243 e. The van der Waals surface area contributed by atoms with Crippen LogP contribution in [0.1, 0.15) is 32.0 Å². The minimum absolute atomic E-state index is 0.355. The van der Waals surface area contributed by atoms with Crippen molar-refractivity contribution in [3.63, 3.8) is 0 Å². The van der Waals surface area contributed by atoms with Crippen LogP contribution in [0.4, 0.5) is 0 Å². The van der Waals surface area contributed by atoms with Gasteiger partial charge < -0.3 is 5.73 Å². The van der Waals surface area contributed by atoms with Gasteiger partial charge in [-0.05, 0) is 42.8 Å². The van der Waals surface area contributed by atoms with Crippen LogP contribution in [-0.2, 0) is 10.3 Å². The van der Waals surface area contributed by atoms with E-state index in [1.165, 1.54) is 0 Å². The van der Waals surface area contributed by atoms with Crippen molar-refractivity contribution < 1.29 is 4.79 Å². The van der Waals surface area contributed by atoms with Crippen molar-refractivity contribution in [3.05, 3.63) is 22.6 Å². The summed E-state index contributed by atoms with van der Waals surface area (Å²) in [6.45, 7) is 5.25. The third kappa shape index (κ3) is 2.34. The number of nitrogens with two attached hydrogens (primary N) is 1. The highest BCUT2D eigenvalue weighted by Crippen LogP contribution is 2.30. The van der Waals surface area contributed by atoms with E-state index in [2.05, 4.69) is 25.9 Å². The molecule has 1 unspecified atom stereocenters. The van der Waals surface area contributed by atoms with Crippen LogP contribution in [0.2, 0.25) is 0 Å². The number of halogens is 2. The quantitative estimate of drug-likeness (QED) is 0.869. The molecule has 0 bridgehead atoms. The second kappa shape index (κ2) is 4.76. The van der Waals surface area contributed by atoms with Gasteiger partial charge in [0.15, 0.2) is 5.65 Å². The average molecular weight is 346 g/mol. The van der Waals surface area contributed by atoms with Gasteiger partial charge in [-0.2, -0.15) is 0 Å². The molecule has 0 radical (unpaired) electrons. The number of carbonyl (C=O) groups is 1. The van der Waals surface area contributed by atoms with Crippen LogP contribution in [0.3, 0.4) is 0 Å². The summed E-state index contributed by atoms with van der Waals surface area (Å²) in [5.41, 5.74) is 5.80. The molecule has 0 aromatic carbocycles. The molecule has 0 spiro atoms. The summed E-state index contributed by atoms with van der Waals surface area (Å²) >= 11 is 9.50. The average Bonchev–Trinajstić information content (AvgIpc) is 2.67. The van der Waals surface area contributed by atoms with Crippen molar-refractivity contribution in [3.8, 4) is 0 Å². The molecule has 19 heavy (non-hydrogen) atoms. The largest absolute Gasteiger partial charge is 0.368 e. The number of alkyl halides is 1. The number of fused-ring (bicyclic) bond motifs is 1. The number of aromatic nitrogens is 3. The number of carbonyl (C=O) groups excluding carboxylic acids is 1. The zero-order valence-corrected chi connectivity index (χ0v) is 13.2. The summed E-state index contributed by atoms with van der Waals surface area (Å²) in [4.78, 5) is 20.5. The first kappa shape index (κ1) is 14.3. The van der Waals surface area contributed by atoms with Gasteiger partial charge in [-0.1, -0.05) is 0 Å². The number of rotatable bonds is 3. The van der Waals surface area contributed by atoms with Crippen LogP contribution in [-0.4, -0.2) is 20.4 Å². The minimum Gasteiger partial charge on any atom is -0.368 e. The summed E-state index contributed by atoms with van der Waals surface area (Å²) in [5.74, 6) is 0.112. The van der Waals surface area contributed by atoms with Crippen molar-refractivity contribution in [2.75, 3.05) is 0 Å². The Hall–Kier alpha value is -1.14. The Morgan fingerprint density at radius 2 is 2.21 bits per heavy atom. The lowest BCUT2D eigenvalue weighted by molar-refractivity contribution is -0.125. The topological polar surface area (TPSA) is 73.8 Å². The third-order valence-electron chi connectivity index (χ3n) is 3.01. The first-order valence-electron chi connectivity index (χ1n) is 5.73. The van der Waals surface area contributed by atoms with Crippen molar-refractivity contribution >= 4 is 44.6 Å². The Kier molecular flexibility index (Phi) is 3.57. The van der Waals surface area contributed by atoms with E-state index in [4.69, 9.17) is 17.3 Å². The van der Waals surface area contributed by atoms with Crippen LogP contribution in [0.5, 0.6) is 0 Å². The molecule has 0 saturated carbocycles. The molecule has 1 amide bonds. The highest BCUT2D eigenvalue weighted by molar-refractivity contribution is 9.10. The van der Waals surface area contributed by atoms with Crippen LogP contribution in [0, 0.1) is 0 Å². The summed E-state index contributed by atoms with van der Waals surface area (Å²) in [5, 5.41) is -0.355. The zero-order chi connectivity index (χ0) is 14.4. The van der Waals surface area contributed by atoms with E-state index < -0.39 is 11.4 Å². The molecule has 1 atom stereocenters. The van der Waals surface area contributed by atoms with Gasteiger partial charge in [0.25, 0.3) is 0 Å². The number of primary amides is 1. The lowest BCUT2D eigenvalue weighted by atomic mass is 10.0. The molecule has 2 aromatic heterocycles. The van der Waals surface area contributed by atoms with Gasteiger partial charge in [0.05, 0.1) is 5.38 Å². The van der Waals surface area contributed by atoms with Gasteiger partial charge in [0, 0.05) is 10.7 Å². The Bertz CT molecular complexity index is 650. The highest BCUT2D eigenvalue weighted by atomic mass is 79.9. The fourth-order valence-corrected chi connectivity index (χ4v) is 2.35. The molecule has 0 aliphatic heterocycles. The summed E-state index contributed by atoms with van der Waals surface area (Å²) in [7, 11) is 0. The van der Waals surface area contributed by atoms with Crippen molar-refractivity contribution in [2.24, 2.45) is 5.73 Å². The number of hydrogen-bond donors (Lipinski definition) is 1. The van der Waals surface area contributed by atoms with Crippen molar-refractivity contribution in [2.45, 2.75) is 31.7 Å². The molecular formula is C12H14BrClN4O. The van der Waals surface area contributed by atoms with E-state index >= 15 is 0 Å². The van der Waals surface area contributed by atoms with Crippen molar-refractivity contribution in [1.82, 2.24) is 14.5 Å². The van der Waals surface area contributed by atoms with Gasteiger partial charge in [-0.3, -0.25) is 9.36 Å². The smallest absolute Gasteiger partial charge is 0.243 e. The number of amides is 1. The maximum absolute atomic E-state index is 11.7. The van der Waals surface area contributed by atoms with E-state index in [-0.39, 0.29) is 5.38 Å². The molecule has 7 heteroatoms. The maximum atomic E-state index is 11.7. The Morgan fingerprint density at radius 1 is 1.58 bits per heavy atom. The Morgan fingerprint density at radius 3 is 2.74 bits per heavy atom. The predicted molar refractivity (Wildman–Crippen MR) is 78.0 cm³/mol. The molecule has 0 aliphatic rings. The fourth-order valence-electron chi connectivity index (χ4n) is 1.89. The van der Waals surface area contributed by atoms with Crippen LogP contribution < -0.4 is 5.73 Å². The molecule has 2 heterocycles.